The van der Waals surface area contributed by atoms with Crippen molar-refractivity contribution in [1.82, 2.24) is 34.6 Å². The largest absolute Gasteiger partial charge is 0.383 e. The van der Waals surface area contributed by atoms with E-state index in [2.05, 4.69) is 50.0 Å². The van der Waals surface area contributed by atoms with Crippen LogP contribution >= 0.6 is 0 Å². The first kappa shape index (κ1) is 18.7. The lowest BCUT2D eigenvalue weighted by atomic mass is 10.1. The van der Waals surface area contributed by atoms with Gasteiger partial charge in [0.15, 0.2) is 5.65 Å². The topological polar surface area (TPSA) is 94.7 Å². The molecule has 1 aliphatic heterocycles. The highest BCUT2D eigenvalue weighted by molar-refractivity contribution is 5.74. The molecule has 0 spiro atoms. The first-order valence-corrected chi connectivity index (χ1v) is 10.1. The van der Waals surface area contributed by atoms with Gasteiger partial charge in [-0.25, -0.2) is 9.97 Å². The first-order valence-electron chi connectivity index (χ1n) is 10.1. The molecular formula is C21H24N8O. The molecule has 0 bridgehead atoms. The zero-order valence-electron chi connectivity index (χ0n) is 16.8. The number of imidazole rings is 1. The summed E-state index contributed by atoms with van der Waals surface area (Å²) in [6.07, 6.45) is 8.54. The van der Waals surface area contributed by atoms with Crippen LogP contribution in [-0.2, 0) is 11.3 Å². The Kier molecular flexibility index (Phi) is 5.12. The SMILES string of the molecule is COCCn1cc(-c2ccc(-n3cnc4cnc(NC5CCNC5)nc43)cc2)cn1. The van der Waals surface area contributed by atoms with Crippen molar-refractivity contribution in [3.05, 3.63) is 49.2 Å². The minimum atomic E-state index is 0.364. The molecular weight excluding hydrogens is 380 g/mol. The van der Waals surface area contributed by atoms with Gasteiger partial charge in [0.25, 0.3) is 0 Å². The van der Waals surface area contributed by atoms with E-state index in [-0.39, 0.29) is 0 Å². The van der Waals surface area contributed by atoms with Gasteiger partial charge in [-0.2, -0.15) is 10.1 Å². The summed E-state index contributed by atoms with van der Waals surface area (Å²) in [5, 5.41) is 11.1. The van der Waals surface area contributed by atoms with Gasteiger partial charge in [0, 0.05) is 37.1 Å². The van der Waals surface area contributed by atoms with Gasteiger partial charge in [-0.15, -0.1) is 0 Å². The van der Waals surface area contributed by atoms with Crippen LogP contribution in [0.25, 0.3) is 28.0 Å². The number of anilines is 1. The molecule has 1 aromatic carbocycles. The first-order chi connectivity index (χ1) is 14.8. The number of ether oxygens (including phenoxy) is 1. The third kappa shape index (κ3) is 3.77. The molecule has 0 amide bonds. The Bertz CT molecular complexity index is 1130. The Hall–Kier alpha value is -3.30. The number of hydrogen-bond donors (Lipinski definition) is 2. The molecule has 3 aromatic heterocycles. The highest BCUT2D eigenvalue weighted by Gasteiger charge is 2.16. The van der Waals surface area contributed by atoms with Crippen molar-refractivity contribution in [3.63, 3.8) is 0 Å². The Morgan fingerprint density at radius 3 is 2.87 bits per heavy atom. The molecule has 4 aromatic rings. The smallest absolute Gasteiger partial charge is 0.225 e. The summed E-state index contributed by atoms with van der Waals surface area (Å²) < 4.78 is 8.99. The molecule has 4 heterocycles. The summed E-state index contributed by atoms with van der Waals surface area (Å²) >= 11 is 0. The van der Waals surface area contributed by atoms with Crippen LogP contribution in [0.15, 0.2) is 49.2 Å². The maximum atomic E-state index is 5.11. The van der Waals surface area contributed by atoms with E-state index in [1.807, 2.05) is 21.6 Å². The van der Waals surface area contributed by atoms with Crippen molar-refractivity contribution in [3.8, 4) is 16.8 Å². The highest BCUT2D eigenvalue weighted by Crippen LogP contribution is 2.23. The van der Waals surface area contributed by atoms with Gasteiger partial charge in [-0.3, -0.25) is 9.25 Å². The molecule has 0 aliphatic carbocycles. The number of nitrogens with one attached hydrogen (secondary N) is 2. The molecule has 154 valence electrons. The molecule has 9 nitrogen and oxygen atoms in total. The van der Waals surface area contributed by atoms with Gasteiger partial charge in [-0.05, 0) is 30.7 Å². The fraction of sp³-hybridized carbons (Fsp3) is 0.333. The minimum Gasteiger partial charge on any atom is -0.383 e. The predicted octanol–water partition coefficient (Wildman–Crippen LogP) is 2.10. The van der Waals surface area contributed by atoms with Crippen molar-refractivity contribution in [2.24, 2.45) is 0 Å². The summed E-state index contributed by atoms with van der Waals surface area (Å²) in [7, 11) is 1.69. The van der Waals surface area contributed by atoms with Crippen LogP contribution in [0, 0.1) is 0 Å². The van der Waals surface area contributed by atoms with E-state index in [4.69, 9.17) is 9.72 Å². The maximum Gasteiger partial charge on any atom is 0.225 e. The minimum absolute atomic E-state index is 0.364. The Labute approximate surface area is 174 Å². The summed E-state index contributed by atoms with van der Waals surface area (Å²) in [6, 6.07) is 8.67. The maximum absolute atomic E-state index is 5.11. The summed E-state index contributed by atoms with van der Waals surface area (Å²) in [4.78, 5) is 13.6. The molecule has 1 atom stereocenters. The van der Waals surface area contributed by atoms with E-state index < -0.39 is 0 Å². The lowest BCUT2D eigenvalue weighted by molar-refractivity contribution is 0.183. The highest BCUT2D eigenvalue weighted by atomic mass is 16.5. The lowest BCUT2D eigenvalue weighted by Gasteiger charge is -2.11. The number of methoxy groups -OCH3 is 1. The zero-order valence-corrected chi connectivity index (χ0v) is 16.8. The van der Waals surface area contributed by atoms with Crippen LogP contribution in [-0.4, -0.2) is 62.1 Å². The van der Waals surface area contributed by atoms with E-state index in [9.17, 15) is 0 Å². The average molecular weight is 404 g/mol. The van der Waals surface area contributed by atoms with Crippen molar-refractivity contribution in [1.29, 1.82) is 0 Å². The van der Waals surface area contributed by atoms with E-state index in [0.717, 1.165) is 54.0 Å². The fourth-order valence-corrected chi connectivity index (χ4v) is 3.66. The normalized spacial score (nSPS) is 16.4. The van der Waals surface area contributed by atoms with E-state index >= 15 is 0 Å². The van der Waals surface area contributed by atoms with Gasteiger partial charge in [0.2, 0.25) is 5.95 Å². The molecule has 30 heavy (non-hydrogen) atoms. The number of benzene rings is 1. The summed E-state index contributed by atoms with van der Waals surface area (Å²) in [5.74, 6) is 0.637. The van der Waals surface area contributed by atoms with Crippen LogP contribution in [0.3, 0.4) is 0 Å². The van der Waals surface area contributed by atoms with Gasteiger partial charge in [0.1, 0.15) is 11.8 Å². The van der Waals surface area contributed by atoms with Gasteiger partial charge >= 0.3 is 0 Å². The molecule has 1 unspecified atom stereocenters. The molecule has 5 rings (SSSR count). The number of aromatic nitrogens is 6. The molecule has 0 saturated carbocycles. The third-order valence-electron chi connectivity index (χ3n) is 5.32. The third-order valence-corrected chi connectivity index (χ3v) is 5.32. The average Bonchev–Trinajstić information content (AvgIpc) is 3.53. The number of hydrogen-bond acceptors (Lipinski definition) is 7. The zero-order chi connectivity index (χ0) is 20.3. The monoisotopic (exact) mass is 404 g/mol. The van der Waals surface area contributed by atoms with Crippen molar-refractivity contribution >= 4 is 17.1 Å². The molecule has 1 fully saturated rings. The van der Waals surface area contributed by atoms with Crippen molar-refractivity contribution < 1.29 is 4.74 Å². The lowest BCUT2D eigenvalue weighted by Crippen LogP contribution is -2.23. The summed E-state index contributed by atoms with van der Waals surface area (Å²) in [5.41, 5.74) is 4.75. The Morgan fingerprint density at radius 1 is 1.17 bits per heavy atom. The van der Waals surface area contributed by atoms with Gasteiger partial charge in [-0.1, -0.05) is 12.1 Å². The van der Waals surface area contributed by atoms with Crippen molar-refractivity contribution in [2.45, 2.75) is 19.0 Å². The number of rotatable bonds is 7. The molecule has 0 radical (unpaired) electrons. The standard InChI is InChI=1S/C21H24N8O/c1-30-9-8-28-13-16(10-25-28)15-2-4-18(5-3-15)29-14-24-19-12-23-21(27-20(19)29)26-17-6-7-22-11-17/h2-5,10,12-14,17,22H,6-9,11H2,1H3,(H,23,26,27). The van der Waals surface area contributed by atoms with E-state index in [0.29, 0.717) is 18.6 Å². The van der Waals surface area contributed by atoms with Crippen LogP contribution in [0.4, 0.5) is 5.95 Å². The quantitative estimate of drug-likeness (QED) is 0.487. The van der Waals surface area contributed by atoms with Gasteiger partial charge in [0.05, 0.1) is 25.5 Å². The fourth-order valence-electron chi connectivity index (χ4n) is 3.66. The molecule has 9 heteroatoms. The summed E-state index contributed by atoms with van der Waals surface area (Å²) in [6.45, 7) is 3.34. The molecule has 1 saturated heterocycles. The van der Waals surface area contributed by atoms with Crippen LogP contribution < -0.4 is 10.6 Å². The number of nitrogens with zero attached hydrogens (tertiary/aromatic N) is 6. The second-order valence-corrected chi connectivity index (χ2v) is 7.38. The molecule has 2 N–H and O–H groups in total. The van der Waals surface area contributed by atoms with E-state index in [1.165, 1.54) is 0 Å². The van der Waals surface area contributed by atoms with E-state index in [1.54, 1.807) is 19.6 Å². The number of fused-ring (bicyclic) bond motifs is 1. The Morgan fingerprint density at radius 2 is 2.07 bits per heavy atom. The van der Waals surface area contributed by atoms with Gasteiger partial charge < -0.3 is 15.4 Å². The predicted molar refractivity (Wildman–Crippen MR) is 115 cm³/mol. The Balaban J connectivity index is 1.38. The van der Waals surface area contributed by atoms with Crippen LogP contribution in [0.1, 0.15) is 6.42 Å². The van der Waals surface area contributed by atoms with Crippen LogP contribution in [0.2, 0.25) is 0 Å². The second kappa shape index (κ2) is 8.21. The molecule has 1 aliphatic rings. The van der Waals surface area contributed by atoms with Crippen molar-refractivity contribution in [2.75, 3.05) is 32.1 Å². The second-order valence-electron chi connectivity index (χ2n) is 7.38. The van der Waals surface area contributed by atoms with Crippen LogP contribution in [0.5, 0.6) is 0 Å².